The highest BCUT2D eigenvalue weighted by molar-refractivity contribution is 6.52. The Labute approximate surface area is 117 Å². The van der Waals surface area contributed by atoms with E-state index in [9.17, 15) is 9.59 Å². The van der Waals surface area contributed by atoms with Crippen LogP contribution in [0, 0.1) is 6.92 Å². The third kappa shape index (κ3) is 1.59. The van der Waals surface area contributed by atoms with Gasteiger partial charge in [0.2, 0.25) is 11.6 Å². The first-order chi connectivity index (χ1) is 9.56. The number of allylic oxidation sites excluding steroid dienone is 2. The number of carbonyl (C=O) groups excluding carboxylic acids is 2. The minimum Gasteiger partial charge on any atom is -0.464 e. The Morgan fingerprint density at radius 1 is 1.05 bits per heavy atom. The molecule has 20 heavy (non-hydrogen) atoms. The Morgan fingerprint density at radius 2 is 1.80 bits per heavy atom. The van der Waals surface area contributed by atoms with Gasteiger partial charge >= 0.3 is 0 Å². The fraction of sp³-hybridized carbons (Fsp3) is 0.294. The van der Waals surface area contributed by atoms with Gasteiger partial charge in [0.05, 0.1) is 6.26 Å². The number of hydrogen-bond acceptors (Lipinski definition) is 3. The standard InChI is InChI=1S/C17H16O3/c1-4-5-12-15(18)16(19)13-9(2)6-7-11-10(3)8-20-17(12)14(11)13/h6-8H,4-5H2,1-3H3. The molecule has 0 aromatic heterocycles. The first-order valence-electron chi connectivity index (χ1n) is 6.86. The van der Waals surface area contributed by atoms with Crippen molar-refractivity contribution >= 4 is 22.9 Å². The number of carbonyl (C=O) groups is 2. The topological polar surface area (TPSA) is 43.4 Å². The van der Waals surface area contributed by atoms with E-state index >= 15 is 0 Å². The van der Waals surface area contributed by atoms with E-state index in [0.717, 1.165) is 28.7 Å². The van der Waals surface area contributed by atoms with Gasteiger partial charge in [-0.3, -0.25) is 9.59 Å². The summed E-state index contributed by atoms with van der Waals surface area (Å²) < 4.78 is 5.68. The molecule has 0 saturated heterocycles. The van der Waals surface area contributed by atoms with Crippen molar-refractivity contribution < 1.29 is 14.3 Å². The maximum Gasteiger partial charge on any atom is 0.234 e. The van der Waals surface area contributed by atoms with Gasteiger partial charge in [-0.05, 0) is 37.0 Å². The van der Waals surface area contributed by atoms with Crippen LogP contribution in [-0.4, -0.2) is 11.6 Å². The van der Waals surface area contributed by atoms with Crippen molar-refractivity contribution in [3.63, 3.8) is 0 Å². The molecule has 0 atom stereocenters. The van der Waals surface area contributed by atoms with E-state index < -0.39 is 11.6 Å². The summed E-state index contributed by atoms with van der Waals surface area (Å²) in [4.78, 5) is 24.7. The number of ketones is 2. The SMILES string of the molecule is CCCC1=C2OC=C(C)c3ccc(C)c(c32)C(=O)C1=O. The minimum absolute atomic E-state index is 0.398. The summed E-state index contributed by atoms with van der Waals surface area (Å²) >= 11 is 0. The zero-order chi connectivity index (χ0) is 14.4. The van der Waals surface area contributed by atoms with Crippen LogP contribution in [0.5, 0.6) is 0 Å². The van der Waals surface area contributed by atoms with Crippen LogP contribution in [0.15, 0.2) is 24.0 Å². The van der Waals surface area contributed by atoms with Crippen LogP contribution in [0.25, 0.3) is 11.3 Å². The van der Waals surface area contributed by atoms with Crippen LogP contribution in [-0.2, 0) is 9.53 Å². The molecule has 1 aromatic rings. The monoisotopic (exact) mass is 268 g/mol. The van der Waals surface area contributed by atoms with Gasteiger partial charge < -0.3 is 4.74 Å². The molecule has 1 aliphatic heterocycles. The van der Waals surface area contributed by atoms with Crippen molar-refractivity contribution in [2.24, 2.45) is 0 Å². The first-order valence-corrected chi connectivity index (χ1v) is 6.86. The van der Waals surface area contributed by atoms with Gasteiger partial charge in [0.15, 0.2) is 0 Å². The maximum atomic E-state index is 12.4. The Kier molecular flexibility index (Phi) is 2.85. The van der Waals surface area contributed by atoms with Crippen LogP contribution in [0.3, 0.4) is 0 Å². The summed E-state index contributed by atoms with van der Waals surface area (Å²) in [6.45, 7) is 5.79. The minimum atomic E-state index is -0.414. The fourth-order valence-corrected chi connectivity index (χ4v) is 2.89. The molecule has 0 amide bonds. The third-order valence-corrected chi connectivity index (χ3v) is 3.90. The van der Waals surface area contributed by atoms with E-state index in [-0.39, 0.29) is 0 Å². The maximum absolute atomic E-state index is 12.4. The lowest BCUT2D eigenvalue weighted by atomic mass is 9.80. The average Bonchev–Trinajstić information content (AvgIpc) is 2.43. The van der Waals surface area contributed by atoms with Gasteiger partial charge in [-0.2, -0.15) is 0 Å². The Balaban J connectivity index is 2.40. The van der Waals surface area contributed by atoms with Gasteiger partial charge in [-0.25, -0.2) is 0 Å². The molecule has 1 aliphatic carbocycles. The molecule has 0 unspecified atom stereocenters. The quantitative estimate of drug-likeness (QED) is 0.769. The van der Waals surface area contributed by atoms with E-state index in [4.69, 9.17) is 4.74 Å². The molecular weight excluding hydrogens is 252 g/mol. The van der Waals surface area contributed by atoms with Crippen LogP contribution < -0.4 is 0 Å². The van der Waals surface area contributed by atoms with Crippen LogP contribution in [0.4, 0.5) is 0 Å². The summed E-state index contributed by atoms with van der Waals surface area (Å²) in [6, 6.07) is 3.89. The molecule has 1 heterocycles. The normalized spacial score (nSPS) is 16.9. The van der Waals surface area contributed by atoms with E-state index in [1.165, 1.54) is 0 Å². The van der Waals surface area contributed by atoms with Gasteiger partial charge in [0.1, 0.15) is 5.76 Å². The summed E-state index contributed by atoms with van der Waals surface area (Å²) in [5.74, 6) is -0.233. The molecule has 0 spiro atoms. The summed E-state index contributed by atoms with van der Waals surface area (Å²) in [6.07, 6.45) is 3.04. The highest BCUT2D eigenvalue weighted by Gasteiger charge is 2.37. The first kappa shape index (κ1) is 12.9. The second-order valence-electron chi connectivity index (χ2n) is 5.31. The number of hydrogen-bond donors (Lipinski definition) is 0. The fourth-order valence-electron chi connectivity index (χ4n) is 2.89. The molecule has 102 valence electrons. The van der Waals surface area contributed by atoms with Crippen molar-refractivity contribution in [1.82, 2.24) is 0 Å². The largest absolute Gasteiger partial charge is 0.464 e. The van der Waals surface area contributed by atoms with Crippen LogP contribution in [0.1, 0.15) is 53.7 Å². The zero-order valence-corrected chi connectivity index (χ0v) is 11.9. The lowest BCUT2D eigenvalue weighted by molar-refractivity contribution is -0.112. The molecule has 0 bridgehead atoms. The lowest BCUT2D eigenvalue weighted by Gasteiger charge is -2.27. The molecule has 1 aromatic carbocycles. The number of ether oxygens (including phenoxy) is 1. The van der Waals surface area contributed by atoms with Crippen LogP contribution >= 0.6 is 0 Å². The third-order valence-electron chi connectivity index (χ3n) is 3.90. The second-order valence-corrected chi connectivity index (χ2v) is 5.31. The van der Waals surface area contributed by atoms with Crippen molar-refractivity contribution in [2.75, 3.05) is 0 Å². The smallest absolute Gasteiger partial charge is 0.234 e. The highest BCUT2D eigenvalue weighted by atomic mass is 16.5. The Hall–Kier alpha value is -2.16. The summed E-state index contributed by atoms with van der Waals surface area (Å²) in [7, 11) is 0. The molecule has 0 fully saturated rings. The van der Waals surface area contributed by atoms with Crippen molar-refractivity contribution in [3.05, 3.63) is 46.2 Å². The molecule has 0 N–H and O–H groups in total. The number of rotatable bonds is 2. The molecule has 3 heteroatoms. The van der Waals surface area contributed by atoms with Crippen molar-refractivity contribution in [1.29, 1.82) is 0 Å². The summed E-state index contributed by atoms with van der Waals surface area (Å²) in [5, 5.41) is 0. The van der Waals surface area contributed by atoms with E-state index in [1.807, 2.05) is 32.9 Å². The average molecular weight is 268 g/mol. The van der Waals surface area contributed by atoms with Gasteiger partial charge in [0.25, 0.3) is 0 Å². The Bertz CT molecular complexity index is 705. The van der Waals surface area contributed by atoms with Crippen molar-refractivity contribution in [3.8, 4) is 0 Å². The van der Waals surface area contributed by atoms with Gasteiger partial charge in [0, 0.05) is 16.7 Å². The molecule has 0 radical (unpaired) electrons. The molecule has 3 nitrogen and oxygen atoms in total. The van der Waals surface area contributed by atoms with E-state index in [1.54, 1.807) is 6.26 Å². The molecule has 0 saturated carbocycles. The van der Waals surface area contributed by atoms with E-state index in [2.05, 4.69) is 0 Å². The predicted molar refractivity (Wildman–Crippen MR) is 77.1 cm³/mol. The molecule has 3 rings (SSSR count). The highest BCUT2D eigenvalue weighted by Crippen LogP contribution is 2.41. The predicted octanol–water partition coefficient (Wildman–Crippen LogP) is 3.66. The van der Waals surface area contributed by atoms with Gasteiger partial charge in [-0.1, -0.05) is 25.5 Å². The molecular formula is C17H16O3. The van der Waals surface area contributed by atoms with Crippen molar-refractivity contribution in [2.45, 2.75) is 33.6 Å². The summed E-state index contributed by atoms with van der Waals surface area (Å²) in [5.41, 5.74) is 4.62. The van der Waals surface area contributed by atoms with Crippen LogP contribution in [0.2, 0.25) is 0 Å². The number of aryl methyl sites for hydroxylation is 1. The molecule has 2 aliphatic rings. The zero-order valence-electron chi connectivity index (χ0n) is 11.9. The Morgan fingerprint density at radius 3 is 2.50 bits per heavy atom. The number of Topliss-reactive ketones (excluding diaryl/α,β-unsaturated/α-hetero) is 2. The lowest BCUT2D eigenvalue weighted by Crippen LogP contribution is -2.27. The second kappa shape index (κ2) is 4.44. The van der Waals surface area contributed by atoms with E-state index in [0.29, 0.717) is 23.3 Å². The van der Waals surface area contributed by atoms with Gasteiger partial charge in [-0.15, -0.1) is 0 Å². The number of benzene rings is 1.